The molecule has 0 atom stereocenters. The number of nitrogens with zero attached hydrogens (tertiary/aromatic N) is 1. The Kier molecular flexibility index (Phi) is 3.80. The van der Waals surface area contributed by atoms with Crippen LogP contribution in [0.4, 0.5) is 0 Å². The number of hydrogen-bond donors (Lipinski definition) is 3. The molecule has 96 valence electrons. The summed E-state index contributed by atoms with van der Waals surface area (Å²) >= 11 is 0. The summed E-state index contributed by atoms with van der Waals surface area (Å²) in [6.07, 6.45) is 4.50. The van der Waals surface area contributed by atoms with Gasteiger partial charge in [-0.05, 0) is 19.4 Å². The lowest BCUT2D eigenvalue weighted by Gasteiger charge is -2.25. The first kappa shape index (κ1) is 12.5. The van der Waals surface area contributed by atoms with Gasteiger partial charge in [-0.25, -0.2) is 13.1 Å². The third kappa shape index (κ3) is 2.85. The van der Waals surface area contributed by atoms with Gasteiger partial charge in [0.2, 0.25) is 0 Å². The molecule has 1 aromatic heterocycles. The van der Waals surface area contributed by atoms with Crippen molar-refractivity contribution < 1.29 is 8.42 Å². The van der Waals surface area contributed by atoms with Crippen LogP contribution in [0.3, 0.4) is 0 Å². The van der Waals surface area contributed by atoms with Gasteiger partial charge in [0.1, 0.15) is 0 Å². The summed E-state index contributed by atoms with van der Waals surface area (Å²) in [6.45, 7) is 3.27. The molecule has 1 aliphatic carbocycles. The Bertz CT molecular complexity index is 464. The fourth-order valence-corrected chi connectivity index (χ4v) is 3.16. The molecule has 6 nitrogen and oxygen atoms in total. The summed E-state index contributed by atoms with van der Waals surface area (Å²) in [5, 5.41) is 9.65. The van der Waals surface area contributed by atoms with Crippen molar-refractivity contribution in [1.29, 1.82) is 0 Å². The highest BCUT2D eigenvalue weighted by Crippen LogP contribution is 2.21. The SMILES string of the molecule is CCNCc1cn[nH]c1S(=O)(=O)NC1CCC1. The standard InChI is InChI=1S/C10H18N4O2S/c1-2-11-6-8-7-12-13-10(8)17(15,16)14-9-4-3-5-9/h7,9,11,14H,2-6H2,1H3,(H,12,13). The molecule has 0 amide bonds. The maximum absolute atomic E-state index is 12.1. The van der Waals surface area contributed by atoms with E-state index in [4.69, 9.17) is 0 Å². The molecule has 0 aromatic carbocycles. The molecule has 2 rings (SSSR count). The molecule has 1 aliphatic rings. The summed E-state index contributed by atoms with van der Waals surface area (Å²) in [7, 11) is -3.45. The molecule has 0 aliphatic heterocycles. The van der Waals surface area contributed by atoms with E-state index in [2.05, 4.69) is 20.2 Å². The molecular weight excluding hydrogens is 240 g/mol. The van der Waals surface area contributed by atoms with Gasteiger partial charge in [-0.3, -0.25) is 5.10 Å². The number of H-pyrrole nitrogens is 1. The van der Waals surface area contributed by atoms with Crippen LogP contribution >= 0.6 is 0 Å². The maximum atomic E-state index is 12.1. The second-order valence-corrected chi connectivity index (χ2v) is 5.90. The lowest BCUT2D eigenvalue weighted by atomic mass is 9.94. The van der Waals surface area contributed by atoms with E-state index in [1.54, 1.807) is 6.20 Å². The number of aromatic amines is 1. The fourth-order valence-electron chi connectivity index (χ4n) is 1.72. The zero-order chi connectivity index (χ0) is 12.3. The van der Waals surface area contributed by atoms with E-state index in [1.807, 2.05) is 6.92 Å². The molecule has 1 aromatic rings. The van der Waals surface area contributed by atoms with Gasteiger partial charge in [-0.15, -0.1) is 0 Å². The van der Waals surface area contributed by atoms with Crippen LogP contribution < -0.4 is 10.0 Å². The van der Waals surface area contributed by atoms with Crippen LogP contribution in [0.2, 0.25) is 0 Å². The largest absolute Gasteiger partial charge is 0.313 e. The molecule has 7 heteroatoms. The van der Waals surface area contributed by atoms with Gasteiger partial charge >= 0.3 is 0 Å². The van der Waals surface area contributed by atoms with Crippen LogP contribution in [-0.2, 0) is 16.6 Å². The summed E-state index contributed by atoms with van der Waals surface area (Å²) in [4.78, 5) is 0. The van der Waals surface area contributed by atoms with E-state index in [1.165, 1.54) is 0 Å². The van der Waals surface area contributed by atoms with Crippen LogP contribution in [-0.4, -0.2) is 31.2 Å². The third-order valence-corrected chi connectivity index (χ3v) is 4.47. The van der Waals surface area contributed by atoms with Gasteiger partial charge in [0.15, 0.2) is 5.03 Å². The van der Waals surface area contributed by atoms with E-state index in [0.717, 1.165) is 25.8 Å². The summed E-state index contributed by atoms with van der Waals surface area (Å²) < 4.78 is 26.8. The summed E-state index contributed by atoms with van der Waals surface area (Å²) in [5.41, 5.74) is 0.679. The van der Waals surface area contributed by atoms with Crippen molar-refractivity contribution >= 4 is 10.0 Å². The summed E-state index contributed by atoms with van der Waals surface area (Å²) in [6, 6.07) is 0.0929. The summed E-state index contributed by atoms with van der Waals surface area (Å²) in [5.74, 6) is 0. The van der Waals surface area contributed by atoms with Crippen LogP contribution in [0.25, 0.3) is 0 Å². The van der Waals surface area contributed by atoms with E-state index < -0.39 is 10.0 Å². The average molecular weight is 258 g/mol. The number of nitrogens with one attached hydrogen (secondary N) is 3. The van der Waals surface area contributed by atoms with Crippen LogP contribution in [0.1, 0.15) is 31.7 Å². The Labute approximate surface area is 101 Å². The molecule has 0 bridgehead atoms. The number of hydrogen-bond acceptors (Lipinski definition) is 4. The van der Waals surface area contributed by atoms with Gasteiger partial charge in [-0.1, -0.05) is 13.3 Å². The lowest BCUT2D eigenvalue weighted by molar-refractivity contribution is 0.383. The second kappa shape index (κ2) is 5.16. The zero-order valence-electron chi connectivity index (χ0n) is 9.86. The Morgan fingerprint density at radius 3 is 2.88 bits per heavy atom. The molecule has 3 N–H and O–H groups in total. The normalized spacial score (nSPS) is 17.0. The van der Waals surface area contributed by atoms with Gasteiger partial charge in [0.25, 0.3) is 10.0 Å². The topological polar surface area (TPSA) is 86.9 Å². The van der Waals surface area contributed by atoms with Gasteiger partial charge in [0.05, 0.1) is 6.20 Å². The van der Waals surface area contributed by atoms with Crippen molar-refractivity contribution in [2.45, 2.75) is 43.8 Å². The smallest absolute Gasteiger partial charge is 0.258 e. The highest BCUT2D eigenvalue weighted by atomic mass is 32.2. The van der Waals surface area contributed by atoms with E-state index >= 15 is 0 Å². The molecule has 1 heterocycles. The van der Waals surface area contributed by atoms with Crippen molar-refractivity contribution in [3.8, 4) is 0 Å². The Morgan fingerprint density at radius 2 is 2.29 bits per heavy atom. The number of rotatable bonds is 6. The average Bonchev–Trinajstić information content (AvgIpc) is 2.69. The molecule has 0 saturated heterocycles. The quantitative estimate of drug-likeness (QED) is 0.687. The van der Waals surface area contributed by atoms with E-state index in [0.29, 0.717) is 12.1 Å². The van der Waals surface area contributed by atoms with Crippen LogP contribution in [0.15, 0.2) is 11.2 Å². The molecule has 1 fully saturated rings. The van der Waals surface area contributed by atoms with Gasteiger partial charge in [-0.2, -0.15) is 5.10 Å². The minimum absolute atomic E-state index is 0.0929. The first-order valence-corrected chi connectivity index (χ1v) is 7.37. The number of aromatic nitrogens is 2. The molecular formula is C10H18N4O2S. The predicted octanol–water partition coefficient (Wildman–Crippen LogP) is 0.350. The first-order chi connectivity index (χ1) is 8.13. The fraction of sp³-hybridized carbons (Fsp3) is 0.700. The van der Waals surface area contributed by atoms with Crippen molar-refractivity contribution in [1.82, 2.24) is 20.2 Å². The third-order valence-electron chi connectivity index (χ3n) is 2.94. The first-order valence-electron chi connectivity index (χ1n) is 5.89. The van der Waals surface area contributed by atoms with E-state index in [-0.39, 0.29) is 11.1 Å². The lowest BCUT2D eigenvalue weighted by Crippen LogP contribution is -2.40. The van der Waals surface area contributed by atoms with Gasteiger partial charge in [0, 0.05) is 18.2 Å². The van der Waals surface area contributed by atoms with Crippen molar-refractivity contribution in [2.24, 2.45) is 0 Å². The molecule has 0 unspecified atom stereocenters. The zero-order valence-corrected chi connectivity index (χ0v) is 10.7. The Hall–Kier alpha value is -0.920. The number of sulfonamides is 1. The minimum atomic E-state index is -3.45. The molecule has 1 saturated carbocycles. The van der Waals surface area contributed by atoms with Crippen LogP contribution in [0.5, 0.6) is 0 Å². The molecule has 17 heavy (non-hydrogen) atoms. The van der Waals surface area contributed by atoms with Crippen molar-refractivity contribution in [3.63, 3.8) is 0 Å². The monoisotopic (exact) mass is 258 g/mol. The maximum Gasteiger partial charge on any atom is 0.258 e. The predicted molar refractivity (Wildman–Crippen MR) is 63.9 cm³/mol. The molecule has 0 radical (unpaired) electrons. The van der Waals surface area contributed by atoms with Crippen molar-refractivity contribution in [3.05, 3.63) is 11.8 Å². The van der Waals surface area contributed by atoms with Crippen molar-refractivity contribution in [2.75, 3.05) is 6.54 Å². The highest BCUT2D eigenvalue weighted by Gasteiger charge is 2.27. The second-order valence-electron chi connectivity index (χ2n) is 4.25. The Morgan fingerprint density at radius 1 is 1.53 bits per heavy atom. The van der Waals surface area contributed by atoms with E-state index in [9.17, 15) is 8.42 Å². The van der Waals surface area contributed by atoms with Gasteiger partial charge < -0.3 is 5.32 Å². The molecule has 0 spiro atoms. The highest BCUT2D eigenvalue weighted by molar-refractivity contribution is 7.89. The minimum Gasteiger partial charge on any atom is -0.313 e. The Balaban J connectivity index is 2.11. The van der Waals surface area contributed by atoms with Crippen LogP contribution in [0, 0.1) is 0 Å².